The smallest absolute Gasteiger partial charge is 0.249 e. The Hall–Kier alpha value is -2.07. The van der Waals surface area contributed by atoms with Crippen LogP contribution in [0.1, 0.15) is 79.6 Å². The van der Waals surface area contributed by atoms with E-state index >= 15 is 0 Å². The molecule has 0 aliphatic heterocycles. The standard InChI is InChI=1S/C26H41F2N3O4S/c1-7-10-21(28)23(17(3)27)36(34,35)31(8-2)25(5,6)16-22(32)30-18(4)20-13-19-11-9-12-26(14-19,15-20)24(29)33/h7,10,18-20H,3,8-9,11-16H2,1-2,4-6H3,(H2,29,33)(H,30,32)/b10-7-,23-21-. The number of hydrogen-bond acceptors (Lipinski definition) is 4. The highest BCUT2D eigenvalue weighted by Crippen LogP contribution is 2.51. The normalized spacial score (nSPS) is 26.4. The second-order valence-corrected chi connectivity index (χ2v) is 12.7. The van der Waals surface area contributed by atoms with Gasteiger partial charge in [-0.1, -0.05) is 32.4 Å². The quantitative estimate of drug-likeness (QED) is 0.381. The third-order valence-corrected chi connectivity index (χ3v) is 10.00. The Morgan fingerprint density at radius 2 is 1.94 bits per heavy atom. The van der Waals surface area contributed by atoms with Crippen molar-refractivity contribution in [2.24, 2.45) is 23.0 Å². The fraction of sp³-hybridized carbons (Fsp3) is 0.692. The predicted octanol–water partition coefficient (Wildman–Crippen LogP) is 4.62. The van der Waals surface area contributed by atoms with Crippen LogP contribution in [0.5, 0.6) is 0 Å². The first-order valence-corrected chi connectivity index (χ1v) is 14.0. The van der Waals surface area contributed by atoms with E-state index in [1.807, 2.05) is 6.92 Å². The molecule has 204 valence electrons. The molecule has 0 aromatic heterocycles. The fourth-order valence-electron chi connectivity index (χ4n) is 6.14. The fourth-order valence-corrected chi connectivity index (χ4v) is 8.01. The van der Waals surface area contributed by atoms with Gasteiger partial charge in [0.2, 0.25) is 21.8 Å². The Balaban J connectivity index is 2.20. The summed E-state index contributed by atoms with van der Waals surface area (Å²) in [5.74, 6) is -2.86. The maximum absolute atomic E-state index is 14.5. The van der Waals surface area contributed by atoms with Gasteiger partial charge >= 0.3 is 0 Å². The minimum Gasteiger partial charge on any atom is -0.369 e. The molecule has 2 rings (SSSR count). The van der Waals surface area contributed by atoms with Crippen molar-refractivity contribution in [2.75, 3.05) is 6.54 Å². The molecule has 0 spiro atoms. The number of halogens is 2. The highest BCUT2D eigenvalue weighted by atomic mass is 32.2. The maximum atomic E-state index is 14.5. The van der Waals surface area contributed by atoms with Crippen molar-refractivity contribution < 1.29 is 26.8 Å². The number of amides is 2. The molecule has 10 heteroatoms. The SMILES string of the molecule is C=C(F)/C(=C(F)\C=C/C)S(=O)(=O)N(CC)C(C)(C)CC(=O)NC(C)C1CC2CCCC(C(N)=O)(C2)C1. The van der Waals surface area contributed by atoms with E-state index in [4.69, 9.17) is 5.73 Å². The first-order valence-electron chi connectivity index (χ1n) is 12.6. The third kappa shape index (κ3) is 6.43. The molecule has 0 heterocycles. The lowest BCUT2D eigenvalue weighted by Crippen LogP contribution is -2.53. The highest BCUT2D eigenvalue weighted by molar-refractivity contribution is 7.93. The monoisotopic (exact) mass is 529 g/mol. The molecule has 2 saturated carbocycles. The number of rotatable bonds is 11. The number of primary amides is 1. The lowest BCUT2D eigenvalue weighted by molar-refractivity contribution is -0.135. The molecule has 0 radical (unpaired) electrons. The number of nitrogens with two attached hydrogens (primary N) is 1. The number of sulfonamides is 1. The number of nitrogens with one attached hydrogen (secondary N) is 1. The highest BCUT2D eigenvalue weighted by Gasteiger charge is 2.48. The summed E-state index contributed by atoms with van der Waals surface area (Å²) in [6, 6.07) is -0.243. The molecule has 2 fully saturated rings. The number of carbonyl (C=O) groups excluding carboxylic acids is 2. The predicted molar refractivity (Wildman–Crippen MR) is 137 cm³/mol. The summed E-state index contributed by atoms with van der Waals surface area (Å²) in [6.45, 7) is 10.9. The first-order chi connectivity index (χ1) is 16.6. The van der Waals surface area contributed by atoms with Crippen molar-refractivity contribution in [3.05, 3.63) is 35.3 Å². The molecule has 2 amide bonds. The lowest BCUT2D eigenvalue weighted by Gasteiger charge is -2.48. The van der Waals surface area contributed by atoms with E-state index in [9.17, 15) is 26.8 Å². The van der Waals surface area contributed by atoms with Gasteiger partial charge < -0.3 is 11.1 Å². The van der Waals surface area contributed by atoms with E-state index in [1.165, 1.54) is 33.8 Å². The van der Waals surface area contributed by atoms with E-state index in [0.717, 1.165) is 42.5 Å². The minimum absolute atomic E-state index is 0.0777. The third-order valence-electron chi connectivity index (χ3n) is 7.73. The van der Waals surface area contributed by atoms with Crippen LogP contribution in [-0.2, 0) is 19.6 Å². The van der Waals surface area contributed by atoms with E-state index in [0.29, 0.717) is 12.3 Å². The molecule has 2 aliphatic rings. The van der Waals surface area contributed by atoms with E-state index in [1.54, 1.807) is 0 Å². The van der Waals surface area contributed by atoms with Gasteiger partial charge in [-0.15, -0.1) is 0 Å². The van der Waals surface area contributed by atoms with Crippen molar-refractivity contribution in [3.63, 3.8) is 0 Å². The number of hydrogen-bond donors (Lipinski definition) is 2. The molecular weight excluding hydrogens is 488 g/mol. The summed E-state index contributed by atoms with van der Waals surface area (Å²) in [5, 5.41) is 2.98. The zero-order valence-corrected chi connectivity index (χ0v) is 22.9. The van der Waals surface area contributed by atoms with Gasteiger partial charge in [-0.05, 0) is 71.3 Å². The van der Waals surface area contributed by atoms with Gasteiger partial charge in [0.1, 0.15) is 11.7 Å². The summed E-state index contributed by atoms with van der Waals surface area (Å²) in [7, 11) is -4.63. The second-order valence-electron chi connectivity index (χ2n) is 10.9. The molecule has 4 unspecified atom stereocenters. The van der Waals surface area contributed by atoms with Crippen molar-refractivity contribution in [2.45, 2.75) is 91.1 Å². The Labute approximate surface area is 214 Å². The second kappa shape index (κ2) is 11.5. The van der Waals surface area contributed by atoms with Gasteiger partial charge in [0.15, 0.2) is 4.91 Å². The van der Waals surface area contributed by atoms with Gasteiger partial charge in [-0.25, -0.2) is 17.2 Å². The van der Waals surface area contributed by atoms with Gasteiger partial charge in [-0.3, -0.25) is 9.59 Å². The molecule has 0 saturated heterocycles. The van der Waals surface area contributed by atoms with Gasteiger partial charge in [-0.2, -0.15) is 4.31 Å². The average molecular weight is 530 g/mol. The summed E-state index contributed by atoms with van der Waals surface area (Å²) in [4.78, 5) is 24.2. The molecule has 0 aromatic rings. The Morgan fingerprint density at radius 1 is 1.31 bits per heavy atom. The zero-order chi connectivity index (χ0) is 27.5. The van der Waals surface area contributed by atoms with Crippen LogP contribution < -0.4 is 11.1 Å². The number of carbonyl (C=O) groups is 2. The topological polar surface area (TPSA) is 110 Å². The van der Waals surface area contributed by atoms with Gasteiger partial charge in [0.25, 0.3) is 0 Å². The molecule has 2 aliphatic carbocycles. The summed E-state index contributed by atoms with van der Waals surface area (Å²) >= 11 is 0. The van der Waals surface area contributed by atoms with Crippen LogP contribution in [0.4, 0.5) is 8.78 Å². The molecule has 4 atom stereocenters. The van der Waals surface area contributed by atoms with Crippen LogP contribution in [0, 0.1) is 17.3 Å². The van der Waals surface area contributed by atoms with E-state index < -0.39 is 37.5 Å². The average Bonchev–Trinajstić information content (AvgIpc) is 2.72. The van der Waals surface area contributed by atoms with E-state index in [2.05, 4.69) is 11.9 Å². The number of fused-ring (bicyclic) bond motifs is 2. The molecule has 36 heavy (non-hydrogen) atoms. The first kappa shape index (κ1) is 30.2. The van der Waals surface area contributed by atoms with E-state index in [-0.39, 0.29) is 36.7 Å². The van der Waals surface area contributed by atoms with Crippen molar-refractivity contribution in [3.8, 4) is 0 Å². The molecule has 7 nitrogen and oxygen atoms in total. The van der Waals surface area contributed by atoms with Crippen LogP contribution in [0.2, 0.25) is 0 Å². The summed E-state index contributed by atoms with van der Waals surface area (Å²) in [6.07, 6.45) is 6.99. The van der Waals surface area contributed by atoms with Crippen molar-refractivity contribution in [1.82, 2.24) is 9.62 Å². The van der Waals surface area contributed by atoms with Gasteiger partial charge in [0.05, 0.1) is 0 Å². The number of nitrogens with zero attached hydrogens (tertiary/aromatic N) is 1. The largest absolute Gasteiger partial charge is 0.369 e. The van der Waals surface area contributed by atoms with Crippen LogP contribution in [-0.4, -0.2) is 42.7 Å². The lowest BCUT2D eigenvalue weighted by atomic mass is 9.57. The summed E-state index contributed by atoms with van der Waals surface area (Å²) in [5.41, 5.74) is 3.97. The maximum Gasteiger partial charge on any atom is 0.249 e. The van der Waals surface area contributed by atoms with Crippen LogP contribution >= 0.6 is 0 Å². The zero-order valence-electron chi connectivity index (χ0n) is 22.1. The van der Waals surface area contributed by atoms with Crippen LogP contribution in [0.15, 0.2) is 35.3 Å². The summed E-state index contributed by atoms with van der Waals surface area (Å²) < 4.78 is 56.0. The molecule has 3 N–H and O–H groups in total. The Morgan fingerprint density at radius 3 is 2.47 bits per heavy atom. The molecular formula is C26H41F2N3O4S. The molecule has 2 bridgehead atoms. The Bertz CT molecular complexity index is 1040. The Kier molecular flexibility index (Phi) is 9.67. The van der Waals surface area contributed by atoms with Crippen molar-refractivity contribution >= 4 is 21.8 Å². The van der Waals surface area contributed by atoms with Gasteiger partial charge in [0, 0.05) is 30.0 Å². The number of allylic oxidation sites excluding steroid dienone is 4. The van der Waals surface area contributed by atoms with Crippen LogP contribution in [0.25, 0.3) is 0 Å². The minimum atomic E-state index is -4.63. The van der Waals surface area contributed by atoms with Crippen molar-refractivity contribution in [1.29, 1.82) is 0 Å². The van der Waals surface area contributed by atoms with Crippen LogP contribution in [0.3, 0.4) is 0 Å². The molecule has 0 aromatic carbocycles.